The lowest BCUT2D eigenvalue weighted by atomic mass is 9.86. The highest BCUT2D eigenvalue weighted by Gasteiger charge is 2.42. The molecule has 2 aromatic carbocycles. The molecule has 0 N–H and O–H groups in total. The monoisotopic (exact) mass is 357 g/mol. The van der Waals surface area contributed by atoms with Crippen LogP contribution in [0.5, 0.6) is 0 Å². The predicted octanol–water partition coefficient (Wildman–Crippen LogP) is 4.49. The summed E-state index contributed by atoms with van der Waals surface area (Å²) < 4.78 is 0. The smallest absolute Gasteiger partial charge is 0.258 e. The lowest BCUT2D eigenvalue weighted by Gasteiger charge is -2.17. The molecule has 0 saturated carbocycles. The van der Waals surface area contributed by atoms with Crippen LogP contribution < -0.4 is 0 Å². The molecule has 26 heavy (non-hydrogen) atoms. The number of nitro groups is 3. The summed E-state index contributed by atoms with van der Waals surface area (Å²) in [4.78, 5) is 32.4. The van der Waals surface area contributed by atoms with Crippen LogP contribution in [0.3, 0.4) is 0 Å². The molecule has 2 aromatic rings. The maximum absolute atomic E-state index is 11.6. The van der Waals surface area contributed by atoms with Crippen LogP contribution >= 0.6 is 0 Å². The van der Waals surface area contributed by atoms with Crippen molar-refractivity contribution >= 4 is 17.1 Å². The Morgan fingerprint density at radius 3 is 1.77 bits per heavy atom. The van der Waals surface area contributed by atoms with Gasteiger partial charge in [0.25, 0.3) is 17.1 Å². The van der Waals surface area contributed by atoms with E-state index in [1.54, 1.807) is 13.0 Å². The summed E-state index contributed by atoms with van der Waals surface area (Å²) in [5.41, 5.74) is 0.859. The van der Waals surface area contributed by atoms with Crippen molar-refractivity contribution in [1.29, 1.82) is 0 Å². The first-order valence-corrected chi connectivity index (χ1v) is 7.89. The van der Waals surface area contributed by atoms with E-state index in [1.165, 1.54) is 12.1 Å². The second kappa shape index (κ2) is 5.87. The van der Waals surface area contributed by atoms with Gasteiger partial charge >= 0.3 is 0 Å². The van der Waals surface area contributed by atoms with Crippen LogP contribution in [-0.4, -0.2) is 14.8 Å². The van der Waals surface area contributed by atoms with Gasteiger partial charge in [-0.2, -0.15) is 0 Å². The predicted molar refractivity (Wildman–Crippen MR) is 93.3 cm³/mol. The zero-order valence-corrected chi connectivity index (χ0v) is 14.3. The minimum absolute atomic E-state index is 0.0574. The Morgan fingerprint density at radius 1 is 0.808 bits per heavy atom. The van der Waals surface area contributed by atoms with E-state index in [2.05, 4.69) is 0 Å². The summed E-state index contributed by atoms with van der Waals surface area (Å²) in [6.07, 6.45) is 0. The van der Waals surface area contributed by atoms with Gasteiger partial charge in [0.1, 0.15) is 0 Å². The lowest BCUT2D eigenvalue weighted by molar-refractivity contribution is -0.394. The van der Waals surface area contributed by atoms with E-state index >= 15 is 0 Å². The average molecular weight is 357 g/mol. The third-order valence-corrected chi connectivity index (χ3v) is 4.62. The maximum atomic E-state index is 11.6. The highest BCUT2D eigenvalue weighted by molar-refractivity contribution is 5.92. The summed E-state index contributed by atoms with van der Waals surface area (Å²) in [7, 11) is 0. The molecular formula is C17H15N3O6. The molecule has 0 radical (unpaired) electrons. The Morgan fingerprint density at radius 2 is 1.31 bits per heavy atom. The first kappa shape index (κ1) is 17.5. The van der Waals surface area contributed by atoms with E-state index < -0.39 is 32.1 Å². The summed E-state index contributed by atoms with van der Waals surface area (Å²) >= 11 is 0. The number of fused-ring (bicyclic) bond motifs is 3. The Labute approximate surface area is 147 Å². The molecule has 0 amide bonds. The zero-order valence-electron chi connectivity index (χ0n) is 14.3. The van der Waals surface area contributed by atoms with Gasteiger partial charge in [0.05, 0.1) is 32.0 Å². The van der Waals surface area contributed by atoms with Crippen molar-refractivity contribution in [1.82, 2.24) is 0 Å². The number of hydrogen-bond acceptors (Lipinski definition) is 6. The quantitative estimate of drug-likeness (QED) is 0.585. The molecule has 0 aromatic heterocycles. The molecule has 1 aliphatic rings. The number of hydrogen-bond donors (Lipinski definition) is 0. The van der Waals surface area contributed by atoms with Crippen molar-refractivity contribution in [2.75, 3.05) is 0 Å². The Kier molecular flexibility index (Phi) is 3.94. The maximum Gasteiger partial charge on any atom is 0.284 e. The number of nitro benzene ring substituents is 3. The van der Waals surface area contributed by atoms with Gasteiger partial charge in [-0.1, -0.05) is 19.9 Å². The molecule has 1 unspecified atom stereocenters. The van der Waals surface area contributed by atoms with Gasteiger partial charge in [-0.3, -0.25) is 30.3 Å². The Hall–Kier alpha value is -3.36. The lowest BCUT2D eigenvalue weighted by Crippen LogP contribution is -2.06. The molecule has 1 atom stereocenters. The van der Waals surface area contributed by atoms with Crippen LogP contribution in [0.2, 0.25) is 0 Å². The fourth-order valence-electron chi connectivity index (χ4n) is 3.74. The molecule has 0 heterocycles. The molecule has 0 bridgehead atoms. The van der Waals surface area contributed by atoms with Gasteiger partial charge in [-0.05, 0) is 29.5 Å². The molecule has 1 aliphatic carbocycles. The van der Waals surface area contributed by atoms with Crippen LogP contribution in [0.25, 0.3) is 11.1 Å². The van der Waals surface area contributed by atoms with Gasteiger partial charge in [-0.15, -0.1) is 0 Å². The SMILES string of the molecule is Cc1cc2c(c([N+](=O)[O-])c1)-c1c(cc([N+](=O)[O-])cc1[N+](=O)[O-])C2C(C)C. The van der Waals surface area contributed by atoms with Crippen molar-refractivity contribution in [2.45, 2.75) is 26.7 Å². The van der Waals surface area contributed by atoms with Crippen molar-refractivity contribution in [3.63, 3.8) is 0 Å². The molecule has 3 rings (SSSR count). The minimum Gasteiger partial charge on any atom is -0.258 e. The number of rotatable bonds is 4. The summed E-state index contributed by atoms with van der Waals surface area (Å²) in [5.74, 6) is -0.449. The van der Waals surface area contributed by atoms with E-state index in [0.29, 0.717) is 16.7 Å². The largest absolute Gasteiger partial charge is 0.284 e. The van der Waals surface area contributed by atoms with E-state index in [4.69, 9.17) is 0 Å². The van der Waals surface area contributed by atoms with Gasteiger partial charge in [-0.25, -0.2) is 0 Å². The molecule has 0 saturated heterocycles. The molecule has 9 heteroatoms. The number of benzene rings is 2. The molecular weight excluding hydrogens is 342 g/mol. The summed E-state index contributed by atoms with van der Waals surface area (Å²) in [6.45, 7) is 5.47. The number of aryl methyl sites for hydroxylation is 1. The van der Waals surface area contributed by atoms with Crippen molar-refractivity contribution in [2.24, 2.45) is 5.92 Å². The third-order valence-electron chi connectivity index (χ3n) is 4.62. The van der Waals surface area contributed by atoms with E-state index in [-0.39, 0.29) is 22.7 Å². The van der Waals surface area contributed by atoms with Gasteiger partial charge < -0.3 is 0 Å². The fourth-order valence-corrected chi connectivity index (χ4v) is 3.74. The third kappa shape index (κ3) is 2.48. The number of non-ortho nitro benzene ring substituents is 1. The summed E-state index contributed by atoms with van der Waals surface area (Å²) in [5, 5.41) is 34.4. The first-order valence-electron chi connectivity index (χ1n) is 7.89. The van der Waals surface area contributed by atoms with Crippen LogP contribution in [-0.2, 0) is 0 Å². The Bertz CT molecular complexity index is 983. The fraction of sp³-hybridized carbons (Fsp3) is 0.294. The molecule has 134 valence electrons. The van der Waals surface area contributed by atoms with Crippen LogP contribution in [0.15, 0.2) is 24.3 Å². The van der Waals surface area contributed by atoms with E-state index in [9.17, 15) is 30.3 Å². The highest BCUT2D eigenvalue weighted by Crippen LogP contribution is 2.55. The average Bonchev–Trinajstić information content (AvgIpc) is 2.86. The molecule has 0 aliphatic heterocycles. The van der Waals surface area contributed by atoms with E-state index in [1.807, 2.05) is 13.8 Å². The van der Waals surface area contributed by atoms with Crippen LogP contribution in [0, 0.1) is 43.2 Å². The van der Waals surface area contributed by atoms with Crippen molar-refractivity contribution < 1.29 is 14.8 Å². The molecule has 9 nitrogen and oxygen atoms in total. The normalized spacial score (nSPS) is 14.8. The highest BCUT2D eigenvalue weighted by atomic mass is 16.6. The minimum atomic E-state index is -0.720. The van der Waals surface area contributed by atoms with Crippen molar-refractivity contribution in [3.05, 3.63) is 71.3 Å². The van der Waals surface area contributed by atoms with Crippen molar-refractivity contribution in [3.8, 4) is 11.1 Å². The molecule has 0 spiro atoms. The topological polar surface area (TPSA) is 129 Å². The van der Waals surface area contributed by atoms with Crippen LogP contribution in [0.1, 0.15) is 36.5 Å². The first-order chi connectivity index (χ1) is 12.1. The summed E-state index contributed by atoms with van der Waals surface area (Å²) in [6, 6.07) is 5.31. The second-order valence-electron chi connectivity index (χ2n) is 6.67. The van der Waals surface area contributed by atoms with Crippen LogP contribution in [0.4, 0.5) is 17.1 Å². The van der Waals surface area contributed by atoms with Gasteiger partial charge in [0.2, 0.25) is 0 Å². The van der Waals surface area contributed by atoms with Gasteiger partial charge in [0, 0.05) is 18.1 Å². The second-order valence-corrected chi connectivity index (χ2v) is 6.67. The van der Waals surface area contributed by atoms with Gasteiger partial charge in [0.15, 0.2) is 0 Å². The Balaban J connectivity index is 2.50. The number of nitrogens with zero attached hydrogens (tertiary/aromatic N) is 3. The zero-order chi connectivity index (χ0) is 19.3. The molecule has 0 fully saturated rings. The van der Waals surface area contributed by atoms with E-state index in [0.717, 1.165) is 6.07 Å². The standard InChI is InChI=1S/C17H15N3O6/c1-8(2)15-11-4-9(3)5-13(19(23)24)16(11)17-12(15)6-10(18(21)22)7-14(17)20(25)26/h4-8,15H,1-3H3.